The van der Waals surface area contributed by atoms with Crippen LogP contribution in [0.1, 0.15) is 80.7 Å². The number of allylic oxidation sites excluding steroid dienone is 2. The van der Waals surface area contributed by atoms with Crippen molar-refractivity contribution < 1.29 is 0 Å². The molecule has 3 N–H and O–H groups in total. The first-order chi connectivity index (χ1) is 34.2. The molecule has 0 fully saturated rings. The standard InChI is InChI=1S/C62H48N6S/c1-7-19-39(20-8-1)49-37-51(41-23-11-3-12-24-41)63-57-45(49)31-33-47-55(65-61(67-59(47)57)43-27-15-5-16-28-43)53-35-36-54(69-53)56-48-34-32-46-50(40-21-9-2-10-22-40)38-52(42-25-13-4-14-26-42)64-58(46)60(48)68-62(66-56)44-29-17-6-18-30-44/h1-30,35-38,51,55-56,63H,31-34H2,(H,65,67)(H,66,68). The zero-order valence-electron chi connectivity index (χ0n) is 37.9. The number of thiophene rings is 1. The van der Waals surface area contributed by atoms with Crippen LogP contribution in [0.4, 0.5) is 0 Å². The fourth-order valence-electron chi connectivity index (χ4n) is 10.8. The molecule has 0 saturated carbocycles. The van der Waals surface area contributed by atoms with Crippen LogP contribution in [-0.2, 0) is 6.42 Å². The highest BCUT2D eigenvalue weighted by molar-refractivity contribution is 7.12. The van der Waals surface area contributed by atoms with E-state index < -0.39 is 0 Å². The molecule has 3 atom stereocenters. The zero-order valence-corrected chi connectivity index (χ0v) is 38.8. The minimum absolute atomic E-state index is 0.00125. The fourth-order valence-corrected chi connectivity index (χ4v) is 12.0. The lowest BCUT2D eigenvalue weighted by Gasteiger charge is -2.38. The van der Waals surface area contributed by atoms with E-state index in [2.05, 4.69) is 222 Å². The molecule has 6 nitrogen and oxygen atoms in total. The van der Waals surface area contributed by atoms with Gasteiger partial charge in [0.2, 0.25) is 0 Å². The van der Waals surface area contributed by atoms with Crippen LogP contribution in [0, 0.1) is 0 Å². The lowest BCUT2D eigenvalue weighted by atomic mass is 9.79. The van der Waals surface area contributed by atoms with Crippen molar-refractivity contribution in [1.82, 2.24) is 20.9 Å². The first-order valence-electron chi connectivity index (χ1n) is 24.0. The number of aliphatic imine (C=N–C) groups is 2. The van der Waals surface area contributed by atoms with Crippen molar-refractivity contribution in [2.45, 2.75) is 43.8 Å². The molecule has 5 heterocycles. The number of hydrogen-bond donors (Lipinski definition) is 3. The van der Waals surface area contributed by atoms with E-state index in [4.69, 9.17) is 15.0 Å². The third kappa shape index (κ3) is 7.56. The van der Waals surface area contributed by atoms with Crippen molar-refractivity contribution in [3.63, 3.8) is 0 Å². The van der Waals surface area contributed by atoms with Gasteiger partial charge < -0.3 is 16.0 Å². The van der Waals surface area contributed by atoms with Gasteiger partial charge >= 0.3 is 0 Å². The van der Waals surface area contributed by atoms with Crippen LogP contribution in [0.15, 0.2) is 244 Å². The minimum atomic E-state index is -0.190. The van der Waals surface area contributed by atoms with E-state index >= 15 is 0 Å². The summed E-state index contributed by atoms with van der Waals surface area (Å²) in [5, 5.41) is 11.9. The highest BCUT2D eigenvalue weighted by atomic mass is 32.1. The van der Waals surface area contributed by atoms with Gasteiger partial charge in [-0.3, -0.25) is 9.98 Å². The Morgan fingerprint density at radius 2 is 0.942 bits per heavy atom. The number of nitrogens with zero attached hydrogens (tertiary/aromatic N) is 3. The van der Waals surface area contributed by atoms with Gasteiger partial charge in [-0.25, -0.2) is 4.98 Å². The molecule has 2 aliphatic carbocycles. The highest BCUT2D eigenvalue weighted by Crippen LogP contribution is 2.50. The Hall–Kier alpha value is -8.13. The predicted octanol–water partition coefficient (Wildman–Crippen LogP) is 13.7. The summed E-state index contributed by atoms with van der Waals surface area (Å²) in [7, 11) is 0. The molecule has 6 aromatic carbocycles. The average Bonchev–Trinajstić information content (AvgIpc) is 3.93. The van der Waals surface area contributed by atoms with E-state index in [1.54, 1.807) is 0 Å². The topological polar surface area (TPSA) is 73.7 Å². The van der Waals surface area contributed by atoms with E-state index in [1.807, 2.05) is 11.3 Å². The maximum Gasteiger partial charge on any atom is 0.133 e. The van der Waals surface area contributed by atoms with Gasteiger partial charge in [-0.05, 0) is 100 Å². The number of pyridine rings is 1. The molecular weight excluding hydrogens is 861 g/mol. The first kappa shape index (κ1) is 41.1. The number of dihydropyridines is 1. The van der Waals surface area contributed by atoms with Crippen LogP contribution in [0.25, 0.3) is 33.7 Å². The first-order valence-corrected chi connectivity index (χ1v) is 24.9. The normalized spacial score (nSPS) is 19.4. The van der Waals surface area contributed by atoms with Crippen LogP contribution in [-0.4, -0.2) is 16.7 Å². The summed E-state index contributed by atoms with van der Waals surface area (Å²) in [5.74, 6) is 1.74. The Bertz CT molecular complexity index is 3440. The van der Waals surface area contributed by atoms with Crippen LogP contribution < -0.4 is 16.0 Å². The molecule has 8 aromatic rings. The summed E-state index contributed by atoms with van der Waals surface area (Å²) < 4.78 is 0. The summed E-state index contributed by atoms with van der Waals surface area (Å²) in [5.41, 5.74) is 20.0. The van der Waals surface area contributed by atoms with Gasteiger partial charge in [-0.1, -0.05) is 182 Å². The molecule has 0 spiro atoms. The summed E-state index contributed by atoms with van der Waals surface area (Å²) in [6.45, 7) is 0. The fraction of sp³-hybridized carbons (Fsp3) is 0.113. The number of rotatable bonds is 8. The van der Waals surface area contributed by atoms with Crippen molar-refractivity contribution in [3.05, 3.63) is 278 Å². The summed E-state index contributed by atoms with van der Waals surface area (Å²) in [6.07, 6.45) is 5.96. The van der Waals surface area contributed by atoms with Gasteiger partial charge in [-0.15, -0.1) is 11.3 Å². The molecule has 2 aromatic heterocycles. The van der Waals surface area contributed by atoms with Gasteiger partial charge in [0.25, 0.3) is 0 Å². The molecule has 5 aliphatic rings. The van der Waals surface area contributed by atoms with Gasteiger partial charge in [-0.2, -0.15) is 0 Å². The number of aromatic nitrogens is 1. The Balaban J connectivity index is 0.949. The smallest absolute Gasteiger partial charge is 0.133 e. The maximum absolute atomic E-state index is 5.63. The third-order valence-corrected chi connectivity index (χ3v) is 15.3. The van der Waals surface area contributed by atoms with E-state index in [-0.39, 0.29) is 18.1 Å². The zero-order chi connectivity index (χ0) is 45.7. The van der Waals surface area contributed by atoms with Crippen LogP contribution in [0.5, 0.6) is 0 Å². The van der Waals surface area contributed by atoms with Crippen molar-refractivity contribution >= 4 is 34.3 Å². The number of hydrogen-bond acceptors (Lipinski definition) is 7. The van der Waals surface area contributed by atoms with E-state index in [1.165, 1.54) is 65.6 Å². The van der Waals surface area contributed by atoms with Crippen LogP contribution >= 0.6 is 11.3 Å². The summed E-state index contributed by atoms with van der Waals surface area (Å²) in [6, 6.07) is 70.7. The van der Waals surface area contributed by atoms with E-state index in [0.29, 0.717) is 0 Å². The SMILES string of the molecule is C1=C(c2ccccc2)C2=C(NC1c1ccccc1)C1=C(CC2)C(c2ccc(C3N=C(c4ccccc4)NC4=C3CCc3c(-c5ccccc5)cc(-c5ccccc5)nc34)s2)N=C(c2ccccc2)N1. The molecule has 3 aliphatic heterocycles. The average molecular weight is 909 g/mol. The van der Waals surface area contributed by atoms with E-state index in [9.17, 15) is 0 Å². The number of benzene rings is 6. The monoisotopic (exact) mass is 908 g/mol. The molecule has 0 bridgehead atoms. The van der Waals surface area contributed by atoms with Gasteiger partial charge in [0, 0.05) is 26.4 Å². The number of nitrogens with one attached hydrogen (secondary N) is 3. The molecule has 13 rings (SSSR count). The lowest BCUT2D eigenvalue weighted by Crippen LogP contribution is -2.39. The number of amidine groups is 2. The third-order valence-electron chi connectivity index (χ3n) is 14.1. The molecule has 0 saturated heterocycles. The maximum atomic E-state index is 5.63. The largest absolute Gasteiger partial charge is 0.373 e. The lowest BCUT2D eigenvalue weighted by molar-refractivity contribution is 0.640. The van der Waals surface area contributed by atoms with Crippen molar-refractivity contribution in [3.8, 4) is 22.4 Å². The Kier molecular flexibility index (Phi) is 10.4. The van der Waals surface area contributed by atoms with E-state index in [0.717, 1.165) is 76.8 Å². The number of fused-ring (bicyclic) bond motifs is 3. The second kappa shape index (κ2) is 17.5. The highest BCUT2D eigenvalue weighted by Gasteiger charge is 2.38. The Labute approximate surface area is 407 Å². The second-order valence-electron chi connectivity index (χ2n) is 18.2. The van der Waals surface area contributed by atoms with Crippen molar-refractivity contribution in [2.75, 3.05) is 0 Å². The molecular formula is C62H48N6S. The summed E-state index contributed by atoms with van der Waals surface area (Å²) in [4.78, 5) is 19.2. The van der Waals surface area contributed by atoms with Crippen molar-refractivity contribution in [2.24, 2.45) is 9.98 Å². The predicted molar refractivity (Wildman–Crippen MR) is 282 cm³/mol. The van der Waals surface area contributed by atoms with Gasteiger partial charge in [0.1, 0.15) is 23.8 Å². The second-order valence-corrected chi connectivity index (χ2v) is 19.4. The Morgan fingerprint density at radius 1 is 0.449 bits per heavy atom. The molecule has 7 heteroatoms. The molecule has 332 valence electrons. The minimum Gasteiger partial charge on any atom is -0.373 e. The van der Waals surface area contributed by atoms with Crippen molar-refractivity contribution in [1.29, 1.82) is 0 Å². The Morgan fingerprint density at radius 3 is 1.54 bits per heavy atom. The van der Waals surface area contributed by atoms with Crippen LogP contribution in [0.2, 0.25) is 0 Å². The van der Waals surface area contributed by atoms with Gasteiger partial charge in [0.05, 0.1) is 34.5 Å². The van der Waals surface area contributed by atoms with Gasteiger partial charge in [0.15, 0.2) is 0 Å². The molecule has 3 unspecified atom stereocenters. The quantitative estimate of drug-likeness (QED) is 0.142. The van der Waals surface area contributed by atoms with Crippen LogP contribution in [0.3, 0.4) is 0 Å². The molecule has 0 amide bonds. The molecule has 69 heavy (non-hydrogen) atoms. The summed E-state index contributed by atoms with van der Waals surface area (Å²) >= 11 is 1.85. The molecule has 0 radical (unpaired) electrons.